The van der Waals surface area contributed by atoms with Crippen molar-refractivity contribution in [2.24, 2.45) is 5.92 Å². The Morgan fingerprint density at radius 2 is 1.54 bits per heavy atom. The van der Waals surface area contributed by atoms with Gasteiger partial charge in [-0.1, -0.05) is 42.5 Å². The number of carbonyl (C=O) groups is 2. The van der Waals surface area contributed by atoms with Gasteiger partial charge in [0, 0.05) is 31.5 Å². The zero-order chi connectivity index (χ0) is 24.8. The lowest BCUT2D eigenvalue weighted by Crippen LogP contribution is -2.45. The monoisotopic (exact) mass is 492 g/mol. The number of rotatable bonds is 6. The molecule has 0 bridgehead atoms. The third-order valence-corrected chi connectivity index (χ3v) is 7.77. The van der Waals surface area contributed by atoms with Crippen LogP contribution in [0.15, 0.2) is 89.8 Å². The fourth-order valence-corrected chi connectivity index (χ4v) is 5.25. The number of anilines is 3. The minimum absolute atomic E-state index is 0.0779. The lowest BCUT2D eigenvalue weighted by Gasteiger charge is -2.32. The number of carbonyl (C=O) groups excluding carboxylic acids is 2. The van der Waals surface area contributed by atoms with Crippen LogP contribution in [0.4, 0.5) is 21.9 Å². The molecular formula is C26H28N4O4S. The molecule has 0 aromatic heterocycles. The predicted molar refractivity (Wildman–Crippen MR) is 137 cm³/mol. The van der Waals surface area contributed by atoms with Crippen LogP contribution < -0.4 is 14.9 Å². The van der Waals surface area contributed by atoms with E-state index in [0.29, 0.717) is 43.0 Å². The van der Waals surface area contributed by atoms with Gasteiger partial charge in [0.15, 0.2) is 0 Å². The van der Waals surface area contributed by atoms with Gasteiger partial charge in [0.05, 0.1) is 16.5 Å². The van der Waals surface area contributed by atoms with Gasteiger partial charge in [-0.25, -0.2) is 13.2 Å². The third kappa shape index (κ3) is 5.81. The Morgan fingerprint density at radius 3 is 2.26 bits per heavy atom. The molecule has 3 amide bonds. The molecule has 35 heavy (non-hydrogen) atoms. The summed E-state index contributed by atoms with van der Waals surface area (Å²) in [5.74, 6) is -0.634. The molecule has 1 heterocycles. The lowest BCUT2D eigenvalue weighted by molar-refractivity contribution is -0.121. The van der Waals surface area contributed by atoms with Gasteiger partial charge in [0.1, 0.15) is 0 Å². The largest absolute Gasteiger partial charge is 0.326 e. The Bertz CT molecular complexity index is 1280. The van der Waals surface area contributed by atoms with Gasteiger partial charge in [0.25, 0.3) is 10.0 Å². The number of nitrogens with zero attached hydrogens (tertiary/aromatic N) is 2. The van der Waals surface area contributed by atoms with Gasteiger partial charge in [-0.15, -0.1) is 0 Å². The number of piperidine rings is 1. The Balaban J connectivity index is 1.42. The first kappa shape index (κ1) is 24.3. The van der Waals surface area contributed by atoms with Crippen LogP contribution in [-0.2, 0) is 14.8 Å². The third-order valence-electron chi connectivity index (χ3n) is 5.98. The molecule has 0 radical (unpaired) electrons. The molecule has 9 heteroatoms. The minimum atomic E-state index is -3.80. The summed E-state index contributed by atoms with van der Waals surface area (Å²) < 4.78 is 27.4. The van der Waals surface area contributed by atoms with E-state index in [1.54, 1.807) is 41.3 Å². The fraction of sp³-hybridized carbons (Fsp3) is 0.231. The molecule has 1 fully saturated rings. The van der Waals surface area contributed by atoms with Gasteiger partial charge in [0.2, 0.25) is 5.91 Å². The van der Waals surface area contributed by atoms with Gasteiger partial charge < -0.3 is 15.5 Å². The summed E-state index contributed by atoms with van der Waals surface area (Å²) >= 11 is 0. The lowest BCUT2D eigenvalue weighted by atomic mass is 9.97. The zero-order valence-corrected chi connectivity index (χ0v) is 20.2. The van der Waals surface area contributed by atoms with Crippen molar-refractivity contribution >= 4 is 39.0 Å². The second-order valence-corrected chi connectivity index (χ2v) is 10.4. The summed E-state index contributed by atoms with van der Waals surface area (Å²) in [5.41, 5.74) is 1.63. The normalized spacial score (nSPS) is 15.8. The molecule has 182 valence electrons. The first-order valence-electron chi connectivity index (χ1n) is 11.4. The second-order valence-electron chi connectivity index (χ2n) is 8.41. The van der Waals surface area contributed by atoms with E-state index in [2.05, 4.69) is 10.6 Å². The number of nitrogens with one attached hydrogen (secondary N) is 2. The molecule has 0 saturated carbocycles. The van der Waals surface area contributed by atoms with Crippen molar-refractivity contribution in [3.05, 3.63) is 84.9 Å². The van der Waals surface area contributed by atoms with E-state index in [0.717, 1.165) is 0 Å². The molecule has 1 aliphatic heterocycles. The summed E-state index contributed by atoms with van der Waals surface area (Å²) in [5, 5.41) is 5.68. The van der Waals surface area contributed by atoms with E-state index in [9.17, 15) is 18.0 Å². The van der Waals surface area contributed by atoms with Crippen molar-refractivity contribution in [2.75, 3.05) is 35.1 Å². The van der Waals surface area contributed by atoms with Crippen LogP contribution >= 0.6 is 0 Å². The number of benzene rings is 3. The quantitative estimate of drug-likeness (QED) is 0.533. The van der Waals surface area contributed by atoms with Crippen molar-refractivity contribution in [3.8, 4) is 0 Å². The van der Waals surface area contributed by atoms with Crippen molar-refractivity contribution < 1.29 is 18.0 Å². The van der Waals surface area contributed by atoms with Crippen LogP contribution in [0.3, 0.4) is 0 Å². The fourth-order valence-electron chi connectivity index (χ4n) is 4.01. The maximum absolute atomic E-state index is 13.1. The van der Waals surface area contributed by atoms with Crippen molar-refractivity contribution in [3.63, 3.8) is 0 Å². The first-order valence-corrected chi connectivity index (χ1v) is 12.8. The first-order chi connectivity index (χ1) is 16.8. The summed E-state index contributed by atoms with van der Waals surface area (Å²) in [6.45, 7) is 0.862. The molecule has 4 rings (SSSR count). The highest BCUT2D eigenvalue weighted by atomic mass is 32.2. The van der Waals surface area contributed by atoms with Crippen LogP contribution in [0, 0.1) is 5.92 Å². The topological polar surface area (TPSA) is 98.8 Å². The van der Waals surface area contributed by atoms with Crippen LogP contribution in [0.5, 0.6) is 0 Å². The number of urea groups is 1. The van der Waals surface area contributed by atoms with E-state index in [-0.39, 0.29) is 16.8 Å². The average molecular weight is 493 g/mol. The van der Waals surface area contributed by atoms with Crippen LogP contribution in [0.1, 0.15) is 12.8 Å². The average Bonchev–Trinajstić information content (AvgIpc) is 2.89. The molecule has 0 aliphatic carbocycles. The second kappa shape index (κ2) is 10.6. The van der Waals surface area contributed by atoms with Gasteiger partial charge >= 0.3 is 6.03 Å². The predicted octanol–water partition coefficient (Wildman–Crippen LogP) is 4.39. The Labute approximate surface area is 205 Å². The van der Waals surface area contributed by atoms with Crippen molar-refractivity contribution in [2.45, 2.75) is 17.7 Å². The molecule has 2 N–H and O–H groups in total. The number of hydrogen-bond donors (Lipinski definition) is 2. The molecule has 1 atom stereocenters. The van der Waals surface area contributed by atoms with E-state index >= 15 is 0 Å². The van der Waals surface area contributed by atoms with Crippen LogP contribution in [0.2, 0.25) is 0 Å². The number of likely N-dealkylation sites (tertiary alicyclic amines) is 1. The standard InChI is InChI=1S/C26H28N4O4S/c1-29(23-14-6-3-7-15-23)35(33,34)24-16-8-13-22(18-24)27-25(31)20-10-9-17-30(19-20)26(32)28-21-11-4-2-5-12-21/h2-8,11-16,18,20H,9-10,17,19H2,1H3,(H,27,31)(H,28,32). The minimum Gasteiger partial charge on any atom is -0.326 e. The van der Waals surface area contributed by atoms with Crippen molar-refractivity contribution in [1.29, 1.82) is 0 Å². The molecule has 1 aliphatic rings. The molecule has 8 nitrogen and oxygen atoms in total. The van der Waals surface area contributed by atoms with Crippen molar-refractivity contribution in [1.82, 2.24) is 4.90 Å². The number of amides is 3. The van der Waals surface area contributed by atoms with E-state index < -0.39 is 15.9 Å². The highest BCUT2D eigenvalue weighted by molar-refractivity contribution is 7.92. The number of hydrogen-bond acceptors (Lipinski definition) is 4. The SMILES string of the molecule is CN(c1ccccc1)S(=O)(=O)c1cccc(NC(=O)C2CCCN(C(=O)Nc3ccccc3)C2)c1. The number of para-hydroxylation sites is 2. The Morgan fingerprint density at radius 1 is 0.886 bits per heavy atom. The molecule has 1 saturated heterocycles. The molecule has 0 spiro atoms. The Kier molecular flexibility index (Phi) is 7.36. The molecule has 1 unspecified atom stereocenters. The highest BCUT2D eigenvalue weighted by Gasteiger charge is 2.29. The van der Waals surface area contributed by atoms with Gasteiger partial charge in [-0.05, 0) is 55.3 Å². The molecule has 3 aromatic rings. The van der Waals surface area contributed by atoms with E-state index in [1.807, 2.05) is 36.4 Å². The maximum atomic E-state index is 13.1. The Hall–Kier alpha value is -3.85. The molecule has 3 aromatic carbocycles. The van der Waals surface area contributed by atoms with E-state index in [1.165, 1.54) is 23.5 Å². The van der Waals surface area contributed by atoms with Crippen LogP contribution in [0.25, 0.3) is 0 Å². The summed E-state index contributed by atoms with van der Waals surface area (Å²) in [4.78, 5) is 27.3. The highest BCUT2D eigenvalue weighted by Crippen LogP contribution is 2.25. The van der Waals surface area contributed by atoms with Gasteiger partial charge in [-0.2, -0.15) is 0 Å². The smallest absolute Gasteiger partial charge is 0.321 e. The summed E-state index contributed by atoms with van der Waals surface area (Å²) in [7, 11) is -2.31. The van der Waals surface area contributed by atoms with E-state index in [4.69, 9.17) is 0 Å². The summed E-state index contributed by atoms with van der Waals surface area (Å²) in [6.07, 6.45) is 1.35. The summed E-state index contributed by atoms with van der Waals surface area (Å²) in [6, 6.07) is 23.9. The van der Waals surface area contributed by atoms with Crippen LogP contribution in [-0.4, -0.2) is 45.4 Å². The number of sulfonamides is 1. The van der Waals surface area contributed by atoms with Gasteiger partial charge in [-0.3, -0.25) is 9.10 Å². The molecular weight excluding hydrogens is 464 g/mol. The maximum Gasteiger partial charge on any atom is 0.321 e. The zero-order valence-electron chi connectivity index (χ0n) is 19.4.